The van der Waals surface area contributed by atoms with Crippen molar-refractivity contribution in [2.24, 2.45) is 0 Å². The molecule has 0 aliphatic heterocycles. The minimum atomic E-state index is 0.939. The van der Waals surface area contributed by atoms with Gasteiger partial charge in [0.15, 0.2) is 0 Å². The Morgan fingerprint density at radius 2 is 2.29 bits per heavy atom. The average molecular weight is 191 g/mol. The number of aromatic nitrogens is 1. The summed E-state index contributed by atoms with van der Waals surface area (Å²) in [5.41, 5.74) is 3.21. The number of nitrogens with zero attached hydrogens (tertiary/aromatic N) is 1. The van der Waals surface area contributed by atoms with E-state index in [9.17, 15) is 0 Å². The highest BCUT2D eigenvalue weighted by Crippen LogP contribution is 2.12. The first-order valence-corrected chi connectivity index (χ1v) is 4.82. The molecular weight excluding hydrogens is 174 g/mol. The summed E-state index contributed by atoms with van der Waals surface area (Å²) in [7, 11) is 1.89. The third-order valence-electron chi connectivity index (χ3n) is 2.00. The molecule has 0 aromatic carbocycles. The van der Waals surface area contributed by atoms with Crippen LogP contribution in [-0.2, 0) is 0 Å². The Kier molecular flexibility index (Phi) is 3.98. The molecule has 14 heavy (non-hydrogen) atoms. The van der Waals surface area contributed by atoms with Crippen LogP contribution in [0.1, 0.15) is 18.2 Å². The molecule has 0 radical (unpaired) electrons. The highest BCUT2D eigenvalue weighted by atomic mass is 14.8. The summed E-state index contributed by atoms with van der Waals surface area (Å²) in [5.74, 6) is 0. The number of anilines is 1. The Labute approximate surface area is 85.3 Å². The molecule has 1 rings (SSSR count). The van der Waals surface area contributed by atoms with Crippen molar-refractivity contribution in [3.63, 3.8) is 0 Å². The number of hydrogen-bond donors (Lipinski definition) is 2. The Morgan fingerprint density at radius 3 is 2.93 bits per heavy atom. The molecule has 0 fully saturated rings. The molecule has 0 atom stereocenters. The van der Waals surface area contributed by atoms with Crippen LogP contribution in [-0.4, -0.2) is 18.6 Å². The summed E-state index contributed by atoms with van der Waals surface area (Å²) in [6.45, 7) is 5.01. The van der Waals surface area contributed by atoms with Crippen molar-refractivity contribution in [3.05, 3.63) is 29.7 Å². The van der Waals surface area contributed by atoms with E-state index in [-0.39, 0.29) is 0 Å². The summed E-state index contributed by atoms with van der Waals surface area (Å²) in [4.78, 5) is 4.29. The van der Waals surface area contributed by atoms with Gasteiger partial charge in [0.25, 0.3) is 0 Å². The van der Waals surface area contributed by atoms with Gasteiger partial charge in [-0.15, -0.1) is 0 Å². The first kappa shape index (κ1) is 10.6. The molecule has 0 saturated carbocycles. The SMILES string of the molecule is CCN/C=C/c1cc(NC)cnc1C. The maximum Gasteiger partial charge on any atom is 0.0530 e. The summed E-state index contributed by atoms with van der Waals surface area (Å²) in [6, 6.07) is 2.08. The van der Waals surface area contributed by atoms with E-state index in [0.717, 1.165) is 23.5 Å². The van der Waals surface area contributed by atoms with Gasteiger partial charge >= 0.3 is 0 Å². The van der Waals surface area contributed by atoms with Gasteiger partial charge in [0.05, 0.1) is 11.9 Å². The molecule has 2 N–H and O–H groups in total. The van der Waals surface area contributed by atoms with Gasteiger partial charge < -0.3 is 10.6 Å². The fraction of sp³-hybridized carbons (Fsp3) is 0.364. The molecule has 0 saturated heterocycles. The Hall–Kier alpha value is -1.51. The summed E-state index contributed by atoms with van der Waals surface area (Å²) in [5, 5.41) is 6.20. The molecule has 0 unspecified atom stereocenters. The van der Waals surface area contributed by atoms with Crippen LogP contribution in [0.3, 0.4) is 0 Å². The van der Waals surface area contributed by atoms with Crippen molar-refractivity contribution in [1.82, 2.24) is 10.3 Å². The lowest BCUT2D eigenvalue weighted by Crippen LogP contribution is -2.01. The summed E-state index contributed by atoms with van der Waals surface area (Å²) >= 11 is 0. The lowest BCUT2D eigenvalue weighted by Gasteiger charge is -2.03. The second-order valence-corrected chi connectivity index (χ2v) is 3.04. The van der Waals surface area contributed by atoms with Gasteiger partial charge in [-0.2, -0.15) is 0 Å². The van der Waals surface area contributed by atoms with E-state index >= 15 is 0 Å². The van der Waals surface area contributed by atoms with E-state index in [1.54, 1.807) is 0 Å². The number of aryl methyl sites for hydroxylation is 1. The van der Waals surface area contributed by atoms with Crippen LogP contribution in [0.15, 0.2) is 18.5 Å². The van der Waals surface area contributed by atoms with E-state index in [2.05, 4.69) is 28.6 Å². The predicted octanol–water partition coefficient (Wildman–Crippen LogP) is 2.01. The summed E-state index contributed by atoms with van der Waals surface area (Å²) in [6.07, 6.45) is 5.82. The van der Waals surface area contributed by atoms with Gasteiger partial charge in [-0.1, -0.05) is 0 Å². The lowest BCUT2D eigenvalue weighted by molar-refractivity contribution is 0.924. The highest BCUT2D eigenvalue weighted by Gasteiger charge is 1.96. The van der Waals surface area contributed by atoms with Crippen LogP contribution in [0.5, 0.6) is 0 Å². The molecule has 1 aromatic heterocycles. The van der Waals surface area contributed by atoms with Gasteiger partial charge in [-0.3, -0.25) is 4.98 Å². The second kappa shape index (κ2) is 5.27. The Balaban J connectivity index is 2.83. The molecule has 3 nitrogen and oxygen atoms in total. The topological polar surface area (TPSA) is 37.0 Å². The van der Waals surface area contributed by atoms with Crippen LogP contribution >= 0.6 is 0 Å². The van der Waals surface area contributed by atoms with Gasteiger partial charge in [0.1, 0.15) is 0 Å². The number of nitrogens with one attached hydrogen (secondary N) is 2. The maximum absolute atomic E-state index is 4.29. The third kappa shape index (κ3) is 2.76. The van der Waals surface area contributed by atoms with Crippen molar-refractivity contribution in [2.75, 3.05) is 18.9 Å². The first-order valence-electron chi connectivity index (χ1n) is 4.82. The van der Waals surface area contributed by atoms with Crippen LogP contribution < -0.4 is 10.6 Å². The quantitative estimate of drug-likeness (QED) is 0.764. The normalized spacial score (nSPS) is 10.5. The molecule has 0 aliphatic carbocycles. The van der Waals surface area contributed by atoms with E-state index in [1.807, 2.05) is 32.4 Å². The van der Waals surface area contributed by atoms with Crippen LogP contribution in [0.25, 0.3) is 6.08 Å². The van der Waals surface area contributed by atoms with E-state index in [0.29, 0.717) is 0 Å². The Bertz CT molecular complexity index is 318. The number of hydrogen-bond acceptors (Lipinski definition) is 3. The highest BCUT2D eigenvalue weighted by molar-refractivity contribution is 5.57. The maximum atomic E-state index is 4.29. The van der Waals surface area contributed by atoms with Crippen molar-refractivity contribution < 1.29 is 0 Å². The Morgan fingerprint density at radius 1 is 1.50 bits per heavy atom. The molecule has 0 spiro atoms. The molecule has 1 aromatic rings. The van der Waals surface area contributed by atoms with E-state index in [1.165, 1.54) is 0 Å². The molecule has 3 heteroatoms. The zero-order valence-electron chi connectivity index (χ0n) is 8.96. The zero-order chi connectivity index (χ0) is 10.4. The molecular formula is C11H17N3. The fourth-order valence-corrected chi connectivity index (χ4v) is 1.12. The third-order valence-corrected chi connectivity index (χ3v) is 2.00. The lowest BCUT2D eigenvalue weighted by atomic mass is 10.2. The second-order valence-electron chi connectivity index (χ2n) is 3.04. The molecule has 0 bridgehead atoms. The van der Waals surface area contributed by atoms with Crippen LogP contribution in [0.2, 0.25) is 0 Å². The minimum Gasteiger partial charge on any atom is -0.391 e. The van der Waals surface area contributed by atoms with Crippen molar-refractivity contribution in [3.8, 4) is 0 Å². The van der Waals surface area contributed by atoms with Crippen LogP contribution in [0.4, 0.5) is 5.69 Å². The monoisotopic (exact) mass is 191 g/mol. The number of pyridine rings is 1. The standard InChI is InChI=1S/C11H17N3/c1-4-13-6-5-10-7-11(12-3)8-14-9(10)2/h5-8,12-13H,4H2,1-3H3/b6-5+. The minimum absolute atomic E-state index is 0.939. The van der Waals surface area contributed by atoms with Crippen LogP contribution in [0, 0.1) is 6.92 Å². The van der Waals surface area contributed by atoms with Crippen molar-refractivity contribution >= 4 is 11.8 Å². The van der Waals surface area contributed by atoms with Gasteiger partial charge in [0, 0.05) is 19.3 Å². The zero-order valence-corrected chi connectivity index (χ0v) is 8.96. The van der Waals surface area contributed by atoms with Gasteiger partial charge in [-0.25, -0.2) is 0 Å². The van der Waals surface area contributed by atoms with Gasteiger partial charge in [0.2, 0.25) is 0 Å². The first-order chi connectivity index (χ1) is 6.77. The molecule has 76 valence electrons. The average Bonchev–Trinajstić information content (AvgIpc) is 2.21. The number of rotatable bonds is 4. The van der Waals surface area contributed by atoms with Gasteiger partial charge in [-0.05, 0) is 37.8 Å². The summed E-state index contributed by atoms with van der Waals surface area (Å²) < 4.78 is 0. The predicted molar refractivity (Wildman–Crippen MR) is 61.2 cm³/mol. The van der Waals surface area contributed by atoms with Crippen molar-refractivity contribution in [2.45, 2.75) is 13.8 Å². The molecule has 0 aliphatic rings. The smallest absolute Gasteiger partial charge is 0.0530 e. The van der Waals surface area contributed by atoms with Crippen molar-refractivity contribution in [1.29, 1.82) is 0 Å². The van der Waals surface area contributed by atoms with E-state index in [4.69, 9.17) is 0 Å². The fourth-order valence-electron chi connectivity index (χ4n) is 1.12. The molecule has 0 amide bonds. The largest absolute Gasteiger partial charge is 0.391 e. The van der Waals surface area contributed by atoms with E-state index < -0.39 is 0 Å². The molecule has 1 heterocycles.